The van der Waals surface area contributed by atoms with E-state index in [0.29, 0.717) is 18.8 Å². The number of aliphatic hydroxyl groups is 1. The lowest BCUT2D eigenvalue weighted by atomic mass is 9.68. The molecule has 7 nitrogen and oxygen atoms in total. The summed E-state index contributed by atoms with van der Waals surface area (Å²) in [5, 5.41) is 25.9. The first-order valence-corrected chi connectivity index (χ1v) is 11.8. The second-order valence-electron chi connectivity index (χ2n) is 9.91. The Labute approximate surface area is 202 Å². The Morgan fingerprint density at radius 1 is 1.11 bits per heavy atom. The molecule has 2 atom stereocenters. The number of amides is 1. The topological polar surface area (TPSA) is 92.1 Å². The molecule has 2 bridgehead atoms. The van der Waals surface area contributed by atoms with Crippen molar-refractivity contribution in [3.63, 3.8) is 0 Å². The van der Waals surface area contributed by atoms with E-state index in [1.165, 1.54) is 18.2 Å². The van der Waals surface area contributed by atoms with Gasteiger partial charge in [0.15, 0.2) is 5.69 Å². The summed E-state index contributed by atoms with van der Waals surface area (Å²) in [6, 6.07) is 8.68. The summed E-state index contributed by atoms with van der Waals surface area (Å²) >= 11 is 0. The van der Waals surface area contributed by atoms with E-state index in [2.05, 4.69) is 34.2 Å². The Balaban J connectivity index is 1.53. The number of aliphatic hydroxyl groups excluding tert-OH is 1. The van der Waals surface area contributed by atoms with E-state index >= 15 is 0 Å². The molecule has 0 radical (unpaired) electrons. The fraction of sp³-hybridized carbons (Fsp3) is 0.423. The van der Waals surface area contributed by atoms with Crippen molar-refractivity contribution in [2.75, 3.05) is 13.1 Å². The van der Waals surface area contributed by atoms with Gasteiger partial charge in [-0.3, -0.25) is 4.79 Å². The minimum Gasteiger partial charge on any atom is -0.390 e. The molecule has 0 spiro atoms. The van der Waals surface area contributed by atoms with Crippen molar-refractivity contribution in [1.29, 1.82) is 0 Å². The zero-order valence-electron chi connectivity index (χ0n) is 19.9. The van der Waals surface area contributed by atoms with Crippen LogP contribution in [-0.2, 0) is 12.0 Å². The van der Waals surface area contributed by atoms with E-state index in [-0.39, 0.29) is 40.8 Å². The van der Waals surface area contributed by atoms with Gasteiger partial charge in [-0.2, -0.15) is 15.3 Å². The standard InChI is InChI=1S/C26H27F2N5O2/c1-4-33(24(35)20-9-8-15(13-34)29-30-20)14-26-11-10-17(25(26,2)3)16-12-21(31-32-23(16)26)22-18(27)6-5-7-19(22)28/h5-9,12,17,34H,4,10-11,13-14H2,1-3H3/t17-,26-/m0/s1. The van der Waals surface area contributed by atoms with Gasteiger partial charge in [0.05, 0.1) is 29.3 Å². The molecule has 0 aliphatic heterocycles. The molecule has 1 N–H and O–H groups in total. The third-order valence-corrected chi connectivity index (χ3v) is 8.07. The Kier molecular flexibility index (Phi) is 5.62. The van der Waals surface area contributed by atoms with Crippen molar-refractivity contribution in [3.05, 3.63) is 70.7 Å². The van der Waals surface area contributed by atoms with Gasteiger partial charge in [-0.05, 0) is 67.0 Å². The lowest BCUT2D eigenvalue weighted by Gasteiger charge is -2.41. The highest BCUT2D eigenvalue weighted by atomic mass is 19.1. The van der Waals surface area contributed by atoms with E-state index in [9.17, 15) is 18.7 Å². The predicted octanol–water partition coefficient (Wildman–Crippen LogP) is 4.02. The average molecular weight is 480 g/mol. The first-order valence-electron chi connectivity index (χ1n) is 11.8. The van der Waals surface area contributed by atoms with Crippen molar-refractivity contribution in [2.45, 2.75) is 51.6 Å². The maximum Gasteiger partial charge on any atom is 0.274 e. The van der Waals surface area contributed by atoms with Crippen LogP contribution in [-0.4, -0.2) is 49.4 Å². The van der Waals surface area contributed by atoms with Crippen LogP contribution in [0.4, 0.5) is 8.78 Å². The fourth-order valence-electron chi connectivity index (χ4n) is 6.01. The molecule has 1 aromatic carbocycles. The quantitative estimate of drug-likeness (QED) is 0.574. The van der Waals surface area contributed by atoms with Crippen LogP contribution in [0.25, 0.3) is 11.3 Å². The van der Waals surface area contributed by atoms with Crippen LogP contribution >= 0.6 is 0 Å². The second kappa shape index (κ2) is 8.41. The molecule has 0 saturated heterocycles. The molecule has 9 heteroatoms. The lowest BCUT2D eigenvalue weighted by molar-refractivity contribution is 0.0645. The molecule has 1 amide bonds. The molecule has 2 aromatic heterocycles. The number of hydrogen-bond acceptors (Lipinski definition) is 6. The lowest BCUT2D eigenvalue weighted by Crippen LogP contribution is -2.48. The number of carbonyl (C=O) groups excluding carboxylic acids is 1. The van der Waals surface area contributed by atoms with Crippen molar-refractivity contribution in [3.8, 4) is 11.3 Å². The Morgan fingerprint density at radius 2 is 1.86 bits per heavy atom. The highest BCUT2D eigenvalue weighted by Gasteiger charge is 2.64. The van der Waals surface area contributed by atoms with Crippen molar-refractivity contribution < 1.29 is 18.7 Å². The predicted molar refractivity (Wildman–Crippen MR) is 124 cm³/mol. The van der Waals surface area contributed by atoms with E-state index < -0.39 is 17.0 Å². The fourth-order valence-corrected chi connectivity index (χ4v) is 6.01. The van der Waals surface area contributed by atoms with Gasteiger partial charge < -0.3 is 10.0 Å². The van der Waals surface area contributed by atoms with Crippen LogP contribution < -0.4 is 0 Å². The molecule has 1 fully saturated rings. The third kappa shape index (κ3) is 3.43. The Bertz CT molecular complexity index is 1280. The molecule has 2 aliphatic carbocycles. The van der Waals surface area contributed by atoms with Gasteiger partial charge in [-0.1, -0.05) is 19.9 Å². The number of fused-ring (bicyclic) bond motifs is 5. The van der Waals surface area contributed by atoms with Crippen LogP contribution in [0.3, 0.4) is 0 Å². The Hall–Kier alpha value is -3.33. The number of benzene rings is 1. The average Bonchev–Trinajstić information content (AvgIpc) is 3.21. The third-order valence-electron chi connectivity index (χ3n) is 8.07. The number of nitrogens with zero attached hydrogens (tertiary/aromatic N) is 5. The molecular formula is C26H27F2N5O2. The van der Waals surface area contributed by atoms with Crippen molar-refractivity contribution in [2.24, 2.45) is 5.41 Å². The number of halogens is 2. The second-order valence-corrected chi connectivity index (χ2v) is 9.91. The summed E-state index contributed by atoms with van der Waals surface area (Å²) in [7, 11) is 0. The van der Waals surface area contributed by atoms with Crippen LogP contribution in [0.1, 0.15) is 67.0 Å². The minimum atomic E-state index is -0.674. The van der Waals surface area contributed by atoms with Gasteiger partial charge >= 0.3 is 0 Å². The minimum absolute atomic E-state index is 0.138. The first-order chi connectivity index (χ1) is 16.7. The summed E-state index contributed by atoms with van der Waals surface area (Å²) in [5.74, 6) is -1.46. The van der Waals surface area contributed by atoms with Gasteiger partial charge in [0.2, 0.25) is 0 Å². The van der Waals surface area contributed by atoms with Crippen LogP contribution in [0.15, 0.2) is 36.4 Å². The van der Waals surface area contributed by atoms with Gasteiger partial charge in [0.1, 0.15) is 11.6 Å². The zero-order chi connectivity index (χ0) is 25.0. The molecular weight excluding hydrogens is 452 g/mol. The molecule has 1 saturated carbocycles. The SMILES string of the molecule is CCN(C[C@@]12CC[C@@H](c3cc(-c4c(F)cccc4F)nnc31)C2(C)C)C(=O)c1ccc(CO)nn1. The Morgan fingerprint density at radius 3 is 2.49 bits per heavy atom. The highest BCUT2D eigenvalue weighted by molar-refractivity contribution is 5.92. The van der Waals surface area contributed by atoms with Crippen molar-refractivity contribution >= 4 is 5.91 Å². The zero-order valence-corrected chi connectivity index (χ0v) is 19.9. The van der Waals surface area contributed by atoms with Gasteiger partial charge in [0, 0.05) is 18.5 Å². The number of carbonyl (C=O) groups is 1. The normalized spacial score (nSPS) is 21.7. The summed E-state index contributed by atoms with van der Waals surface area (Å²) in [4.78, 5) is 15.1. The summed E-state index contributed by atoms with van der Waals surface area (Å²) in [6.45, 7) is 6.89. The summed E-state index contributed by atoms with van der Waals surface area (Å²) in [5.41, 5.74) is 1.67. The first kappa shape index (κ1) is 23.4. The number of aromatic nitrogens is 4. The van der Waals surface area contributed by atoms with Crippen molar-refractivity contribution in [1.82, 2.24) is 25.3 Å². The molecule has 0 unspecified atom stereocenters. The highest BCUT2D eigenvalue weighted by Crippen LogP contribution is 2.67. The van der Waals surface area contributed by atoms with Gasteiger partial charge in [0.25, 0.3) is 5.91 Å². The van der Waals surface area contributed by atoms with E-state index in [1.807, 2.05) is 6.92 Å². The maximum absolute atomic E-state index is 14.4. The van der Waals surface area contributed by atoms with Gasteiger partial charge in [-0.15, -0.1) is 5.10 Å². The summed E-state index contributed by atoms with van der Waals surface area (Å²) < 4.78 is 28.9. The van der Waals surface area contributed by atoms with E-state index in [0.717, 1.165) is 24.1 Å². The monoisotopic (exact) mass is 479 g/mol. The molecule has 182 valence electrons. The smallest absolute Gasteiger partial charge is 0.274 e. The van der Waals surface area contributed by atoms with Gasteiger partial charge in [-0.25, -0.2) is 8.78 Å². The van der Waals surface area contributed by atoms with Crippen LogP contribution in [0.2, 0.25) is 0 Å². The largest absolute Gasteiger partial charge is 0.390 e. The molecule has 2 aliphatic rings. The number of likely N-dealkylation sites (N-methyl/N-ethyl adjacent to an activating group) is 1. The van der Waals surface area contributed by atoms with E-state index in [1.54, 1.807) is 23.1 Å². The molecule has 35 heavy (non-hydrogen) atoms. The maximum atomic E-state index is 14.4. The summed E-state index contributed by atoms with van der Waals surface area (Å²) in [6.07, 6.45) is 1.72. The van der Waals surface area contributed by atoms with Crippen LogP contribution in [0, 0.1) is 17.0 Å². The molecule has 5 rings (SSSR count). The number of rotatable bonds is 6. The number of hydrogen-bond donors (Lipinski definition) is 1. The molecule has 3 aromatic rings. The van der Waals surface area contributed by atoms with Crippen LogP contribution in [0.5, 0.6) is 0 Å². The van der Waals surface area contributed by atoms with E-state index in [4.69, 9.17) is 0 Å². The molecule has 2 heterocycles.